The van der Waals surface area contributed by atoms with Crippen LogP contribution in [0.25, 0.3) is 0 Å². The second kappa shape index (κ2) is 4.53. The molecule has 0 saturated carbocycles. The molecule has 0 spiro atoms. The summed E-state index contributed by atoms with van der Waals surface area (Å²) in [6.07, 6.45) is 0. The highest BCUT2D eigenvalue weighted by molar-refractivity contribution is 5.55. The quantitative estimate of drug-likeness (QED) is 0.781. The number of hydrogen-bond acceptors (Lipinski definition) is 3. The molecule has 0 radical (unpaired) electrons. The van der Waals surface area contributed by atoms with E-state index in [0.29, 0.717) is 0 Å². The van der Waals surface area contributed by atoms with Crippen LogP contribution >= 0.6 is 0 Å². The molecule has 1 heterocycles. The number of benzene rings is 1. The number of nitrogens with one attached hydrogen (secondary N) is 1. The highest BCUT2D eigenvalue weighted by Gasteiger charge is 2.09. The zero-order chi connectivity index (χ0) is 10.7. The van der Waals surface area contributed by atoms with Crippen molar-refractivity contribution >= 4 is 11.4 Å². The van der Waals surface area contributed by atoms with Crippen LogP contribution in [-0.4, -0.2) is 40.3 Å². The Labute approximate surface area is 91.7 Å². The molecule has 1 aromatic rings. The van der Waals surface area contributed by atoms with Crippen molar-refractivity contribution in [2.24, 2.45) is 0 Å². The third-order valence-corrected chi connectivity index (χ3v) is 2.85. The van der Waals surface area contributed by atoms with E-state index >= 15 is 0 Å². The molecule has 0 bridgehead atoms. The molecule has 82 valence electrons. The topological polar surface area (TPSA) is 18.5 Å². The molecule has 15 heavy (non-hydrogen) atoms. The second-order valence-corrected chi connectivity index (χ2v) is 4.15. The summed E-state index contributed by atoms with van der Waals surface area (Å²) in [5, 5.41) is 3.36. The lowest BCUT2D eigenvalue weighted by Gasteiger charge is -2.29. The number of anilines is 2. The van der Waals surface area contributed by atoms with E-state index in [2.05, 4.69) is 53.5 Å². The minimum atomic E-state index is 1.09. The van der Waals surface area contributed by atoms with Gasteiger partial charge in [-0.2, -0.15) is 0 Å². The number of hydrogen-bond donors (Lipinski definition) is 1. The van der Waals surface area contributed by atoms with Gasteiger partial charge >= 0.3 is 0 Å². The van der Waals surface area contributed by atoms with Gasteiger partial charge in [0.2, 0.25) is 0 Å². The predicted molar refractivity (Wildman–Crippen MR) is 65.9 cm³/mol. The number of piperazine rings is 1. The monoisotopic (exact) mass is 205 g/mol. The zero-order valence-corrected chi connectivity index (χ0v) is 9.53. The Hall–Kier alpha value is -1.22. The predicted octanol–water partition coefficient (Wildman–Crippen LogP) is 1.16. The summed E-state index contributed by atoms with van der Waals surface area (Å²) in [7, 11) is 4.14. The molecular formula is C12H19N3. The number of rotatable bonds is 2. The van der Waals surface area contributed by atoms with Gasteiger partial charge in [-0.15, -0.1) is 0 Å². The lowest BCUT2D eigenvalue weighted by Crippen LogP contribution is -2.43. The van der Waals surface area contributed by atoms with E-state index in [0.717, 1.165) is 26.2 Å². The summed E-state index contributed by atoms with van der Waals surface area (Å²) in [6.45, 7) is 4.41. The van der Waals surface area contributed by atoms with Crippen molar-refractivity contribution in [1.82, 2.24) is 5.32 Å². The van der Waals surface area contributed by atoms with Crippen molar-refractivity contribution in [3.05, 3.63) is 24.3 Å². The van der Waals surface area contributed by atoms with Crippen molar-refractivity contribution in [2.45, 2.75) is 0 Å². The first kappa shape index (κ1) is 10.3. The van der Waals surface area contributed by atoms with Crippen molar-refractivity contribution in [3.63, 3.8) is 0 Å². The molecule has 0 unspecified atom stereocenters. The molecule has 1 saturated heterocycles. The van der Waals surface area contributed by atoms with Crippen LogP contribution in [0.15, 0.2) is 24.3 Å². The Morgan fingerprint density at radius 2 is 1.67 bits per heavy atom. The fourth-order valence-electron chi connectivity index (χ4n) is 1.88. The highest BCUT2D eigenvalue weighted by Crippen LogP contribution is 2.19. The van der Waals surface area contributed by atoms with Crippen LogP contribution in [0.4, 0.5) is 11.4 Å². The number of nitrogens with zero attached hydrogens (tertiary/aromatic N) is 2. The molecule has 2 rings (SSSR count). The fraction of sp³-hybridized carbons (Fsp3) is 0.500. The van der Waals surface area contributed by atoms with E-state index < -0.39 is 0 Å². The molecule has 0 amide bonds. The van der Waals surface area contributed by atoms with Crippen molar-refractivity contribution in [1.29, 1.82) is 0 Å². The highest BCUT2D eigenvalue weighted by atomic mass is 15.2. The van der Waals surface area contributed by atoms with Crippen LogP contribution in [0.2, 0.25) is 0 Å². The lowest BCUT2D eigenvalue weighted by atomic mass is 10.2. The van der Waals surface area contributed by atoms with Crippen molar-refractivity contribution < 1.29 is 0 Å². The summed E-state index contributed by atoms with van der Waals surface area (Å²) < 4.78 is 0. The molecule has 1 aliphatic rings. The van der Waals surface area contributed by atoms with Crippen LogP contribution < -0.4 is 15.1 Å². The molecule has 3 heteroatoms. The van der Waals surface area contributed by atoms with Gasteiger partial charge in [0.25, 0.3) is 0 Å². The molecule has 1 fully saturated rings. The smallest absolute Gasteiger partial charge is 0.0368 e. The van der Waals surface area contributed by atoms with Crippen LogP contribution in [-0.2, 0) is 0 Å². The third-order valence-electron chi connectivity index (χ3n) is 2.85. The fourth-order valence-corrected chi connectivity index (χ4v) is 1.88. The first-order chi connectivity index (χ1) is 7.27. The Morgan fingerprint density at radius 3 is 2.20 bits per heavy atom. The van der Waals surface area contributed by atoms with Crippen LogP contribution in [0, 0.1) is 0 Å². The Kier molecular flexibility index (Phi) is 3.11. The van der Waals surface area contributed by atoms with Crippen LogP contribution in [0.5, 0.6) is 0 Å². The lowest BCUT2D eigenvalue weighted by molar-refractivity contribution is 0.589. The van der Waals surface area contributed by atoms with E-state index in [-0.39, 0.29) is 0 Å². The van der Waals surface area contributed by atoms with Gasteiger partial charge in [0.15, 0.2) is 0 Å². The molecule has 0 aromatic heterocycles. The maximum atomic E-state index is 3.36. The van der Waals surface area contributed by atoms with Gasteiger partial charge in [0.05, 0.1) is 0 Å². The molecule has 1 N–H and O–H groups in total. The first-order valence-corrected chi connectivity index (χ1v) is 5.50. The van der Waals surface area contributed by atoms with E-state index in [1.165, 1.54) is 11.4 Å². The van der Waals surface area contributed by atoms with Gasteiger partial charge in [-0.3, -0.25) is 0 Å². The minimum absolute atomic E-state index is 1.09. The largest absolute Gasteiger partial charge is 0.378 e. The minimum Gasteiger partial charge on any atom is -0.378 e. The Balaban J connectivity index is 2.08. The molecule has 1 aliphatic heterocycles. The van der Waals surface area contributed by atoms with Gasteiger partial charge < -0.3 is 15.1 Å². The average Bonchev–Trinajstić information content (AvgIpc) is 2.30. The SMILES string of the molecule is CN(C)c1ccc(N2CCNCC2)cc1. The maximum Gasteiger partial charge on any atom is 0.0368 e. The van der Waals surface area contributed by atoms with Gasteiger partial charge in [-0.1, -0.05) is 0 Å². The van der Waals surface area contributed by atoms with Gasteiger partial charge in [0.1, 0.15) is 0 Å². The van der Waals surface area contributed by atoms with Gasteiger partial charge in [0, 0.05) is 51.6 Å². The van der Waals surface area contributed by atoms with Crippen LogP contribution in [0.1, 0.15) is 0 Å². The second-order valence-electron chi connectivity index (χ2n) is 4.15. The third kappa shape index (κ3) is 2.42. The molecular weight excluding hydrogens is 186 g/mol. The van der Waals surface area contributed by atoms with E-state index in [9.17, 15) is 0 Å². The summed E-state index contributed by atoms with van der Waals surface area (Å²) in [6, 6.07) is 8.77. The van der Waals surface area contributed by atoms with Gasteiger partial charge in [-0.05, 0) is 24.3 Å². The van der Waals surface area contributed by atoms with Crippen molar-refractivity contribution in [3.8, 4) is 0 Å². The zero-order valence-electron chi connectivity index (χ0n) is 9.53. The summed E-state index contributed by atoms with van der Waals surface area (Å²) >= 11 is 0. The van der Waals surface area contributed by atoms with E-state index in [4.69, 9.17) is 0 Å². The summed E-state index contributed by atoms with van der Waals surface area (Å²) in [5.41, 5.74) is 2.59. The first-order valence-electron chi connectivity index (χ1n) is 5.50. The maximum absolute atomic E-state index is 3.36. The van der Waals surface area contributed by atoms with E-state index in [1.54, 1.807) is 0 Å². The molecule has 0 atom stereocenters. The van der Waals surface area contributed by atoms with E-state index in [1.807, 2.05) is 0 Å². The van der Waals surface area contributed by atoms with Crippen LogP contribution in [0.3, 0.4) is 0 Å². The Bertz CT molecular complexity index is 299. The van der Waals surface area contributed by atoms with Crippen molar-refractivity contribution in [2.75, 3.05) is 50.1 Å². The van der Waals surface area contributed by atoms with Gasteiger partial charge in [-0.25, -0.2) is 0 Å². The molecule has 3 nitrogen and oxygen atoms in total. The normalized spacial score (nSPS) is 16.5. The molecule has 0 aliphatic carbocycles. The molecule has 1 aromatic carbocycles. The standard InChI is InChI=1S/C12H19N3/c1-14(2)11-3-5-12(6-4-11)15-9-7-13-8-10-15/h3-6,13H,7-10H2,1-2H3. The average molecular weight is 205 g/mol. The Morgan fingerprint density at radius 1 is 1.07 bits per heavy atom. The summed E-state index contributed by atoms with van der Waals surface area (Å²) in [5.74, 6) is 0. The summed E-state index contributed by atoms with van der Waals surface area (Å²) in [4.78, 5) is 4.55.